The fourth-order valence-electron chi connectivity index (χ4n) is 6.47. The smallest absolute Gasteiger partial charge is 0.179 e. The number of hydrogen-bond acceptors (Lipinski definition) is 4. The minimum absolute atomic E-state index is 0.182. The SMILES string of the molecule is CC(C)C(O)Cc1ccc([Si](c2ccc(CC(O)C(C)C)cc2)(c2ccc(CC(O)C(C)C)cc2)c2ccc(CC(O)C(C)C)cc2)cc1. The lowest BCUT2D eigenvalue weighted by Crippen LogP contribution is -2.74. The third kappa shape index (κ3) is 9.59. The topological polar surface area (TPSA) is 80.9 Å². The van der Waals surface area contributed by atoms with Crippen LogP contribution in [0, 0.1) is 23.7 Å². The van der Waals surface area contributed by atoms with Gasteiger partial charge in [0.1, 0.15) is 0 Å². The summed E-state index contributed by atoms with van der Waals surface area (Å²) in [5.41, 5.74) is 4.45. The van der Waals surface area contributed by atoms with E-state index in [1.807, 2.05) is 0 Å². The van der Waals surface area contributed by atoms with Gasteiger partial charge < -0.3 is 20.4 Å². The van der Waals surface area contributed by atoms with E-state index < -0.39 is 32.5 Å². The third-order valence-electron chi connectivity index (χ3n) is 10.4. The lowest BCUT2D eigenvalue weighted by molar-refractivity contribution is 0.125. The summed E-state index contributed by atoms with van der Waals surface area (Å²) in [4.78, 5) is 0. The molecular weight excluding hydrogens is 621 g/mol. The van der Waals surface area contributed by atoms with Gasteiger partial charge in [0.15, 0.2) is 8.07 Å². The maximum Gasteiger partial charge on any atom is 0.179 e. The minimum Gasteiger partial charge on any atom is -0.393 e. The zero-order chi connectivity index (χ0) is 35.9. The molecule has 0 aliphatic heterocycles. The molecule has 264 valence electrons. The van der Waals surface area contributed by atoms with Crippen LogP contribution in [0.2, 0.25) is 0 Å². The lowest BCUT2D eigenvalue weighted by atomic mass is 9.99. The predicted octanol–water partition coefficient (Wildman–Crippen LogP) is 5.30. The first-order valence-corrected chi connectivity index (χ1v) is 20.3. The molecule has 4 atom stereocenters. The van der Waals surface area contributed by atoms with Gasteiger partial charge >= 0.3 is 0 Å². The van der Waals surface area contributed by atoms with Crippen LogP contribution in [0.1, 0.15) is 77.6 Å². The Hall–Kier alpha value is -3.06. The highest BCUT2D eigenvalue weighted by molar-refractivity contribution is 7.19. The zero-order valence-corrected chi connectivity index (χ0v) is 32.0. The number of aliphatic hydroxyl groups excluding tert-OH is 4. The third-order valence-corrected chi connectivity index (χ3v) is 15.2. The van der Waals surface area contributed by atoms with Crippen molar-refractivity contribution >= 4 is 28.8 Å². The maximum absolute atomic E-state index is 10.7. The molecule has 0 saturated heterocycles. The molecule has 0 amide bonds. The highest BCUT2D eigenvalue weighted by Crippen LogP contribution is 2.18. The van der Waals surface area contributed by atoms with E-state index in [0.717, 1.165) is 22.3 Å². The molecule has 0 aliphatic rings. The Morgan fingerprint density at radius 2 is 0.490 bits per heavy atom. The second-order valence-corrected chi connectivity index (χ2v) is 19.4. The first-order chi connectivity index (χ1) is 23.2. The monoisotopic (exact) mass is 680 g/mol. The van der Waals surface area contributed by atoms with E-state index in [2.05, 4.69) is 152 Å². The number of hydrogen-bond donors (Lipinski definition) is 4. The molecular formula is C44H60O4Si. The van der Waals surface area contributed by atoms with Gasteiger partial charge in [-0.3, -0.25) is 0 Å². The van der Waals surface area contributed by atoms with E-state index >= 15 is 0 Å². The van der Waals surface area contributed by atoms with Gasteiger partial charge in [0.25, 0.3) is 0 Å². The second kappa shape index (κ2) is 17.2. The maximum atomic E-state index is 10.7. The minimum atomic E-state index is -2.89. The molecule has 5 heteroatoms. The van der Waals surface area contributed by atoms with Crippen molar-refractivity contribution in [3.05, 3.63) is 119 Å². The van der Waals surface area contributed by atoms with Crippen LogP contribution < -0.4 is 20.7 Å². The molecule has 4 N–H and O–H groups in total. The standard InChI is InChI=1S/C44H60O4Si/c1-29(2)41(45)25-33-9-17-37(18-10-33)49(38-19-11-34(12-20-38)26-42(46)30(3)4,39-21-13-35(14-22-39)27-43(47)31(5)6)40-23-15-36(16-24-40)28-44(48)32(7)8/h9-24,29-32,41-48H,25-28H2,1-8H3. The Balaban J connectivity index is 1.93. The Morgan fingerprint density at radius 1 is 0.327 bits per heavy atom. The van der Waals surface area contributed by atoms with Crippen molar-refractivity contribution in [2.45, 2.75) is 105 Å². The summed E-state index contributed by atoms with van der Waals surface area (Å²) in [6, 6.07) is 35.5. The molecule has 49 heavy (non-hydrogen) atoms. The highest BCUT2D eigenvalue weighted by Gasteiger charge is 2.41. The van der Waals surface area contributed by atoms with Crippen molar-refractivity contribution < 1.29 is 20.4 Å². The predicted molar refractivity (Wildman–Crippen MR) is 208 cm³/mol. The molecule has 0 aliphatic carbocycles. The Labute approximate surface area is 296 Å². The van der Waals surface area contributed by atoms with Gasteiger partial charge in [0, 0.05) is 0 Å². The van der Waals surface area contributed by atoms with Crippen molar-refractivity contribution in [1.82, 2.24) is 0 Å². The average Bonchev–Trinajstić information content (AvgIpc) is 3.07. The van der Waals surface area contributed by atoms with Gasteiger partial charge in [-0.25, -0.2) is 0 Å². The summed E-state index contributed by atoms with van der Waals surface area (Å²) in [7, 11) is -2.89. The van der Waals surface area contributed by atoms with Crippen molar-refractivity contribution in [2.75, 3.05) is 0 Å². The number of aliphatic hydroxyl groups is 4. The molecule has 0 aromatic heterocycles. The summed E-state index contributed by atoms with van der Waals surface area (Å²) in [6.07, 6.45) is 0.845. The summed E-state index contributed by atoms with van der Waals surface area (Å²) >= 11 is 0. The van der Waals surface area contributed by atoms with Crippen molar-refractivity contribution in [2.24, 2.45) is 23.7 Å². The van der Waals surface area contributed by atoms with Gasteiger partial charge in [-0.05, 0) is 92.4 Å². The van der Waals surface area contributed by atoms with E-state index in [0.29, 0.717) is 25.7 Å². The Morgan fingerprint density at radius 3 is 0.633 bits per heavy atom. The van der Waals surface area contributed by atoms with Crippen LogP contribution >= 0.6 is 0 Å². The van der Waals surface area contributed by atoms with E-state index in [4.69, 9.17) is 0 Å². The van der Waals surface area contributed by atoms with Crippen LogP contribution in [0.25, 0.3) is 0 Å². The second-order valence-electron chi connectivity index (χ2n) is 15.6. The molecule has 0 radical (unpaired) electrons. The van der Waals surface area contributed by atoms with E-state index in [1.54, 1.807) is 0 Å². The number of rotatable bonds is 16. The first kappa shape index (κ1) is 38.7. The first-order valence-electron chi connectivity index (χ1n) is 18.3. The molecule has 0 fully saturated rings. The molecule has 4 unspecified atom stereocenters. The van der Waals surface area contributed by atoms with Gasteiger partial charge in [-0.15, -0.1) is 0 Å². The van der Waals surface area contributed by atoms with Crippen molar-refractivity contribution in [3.63, 3.8) is 0 Å². The Kier molecular flexibility index (Phi) is 13.6. The van der Waals surface area contributed by atoms with Crippen LogP contribution in [0.15, 0.2) is 97.1 Å². The lowest BCUT2D eigenvalue weighted by Gasteiger charge is -2.35. The molecule has 0 saturated carbocycles. The van der Waals surface area contributed by atoms with Crippen LogP contribution in [-0.4, -0.2) is 52.9 Å². The molecule has 0 heterocycles. The summed E-state index contributed by atoms with van der Waals surface area (Å²) in [6.45, 7) is 16.4. The normalized spacial score (nSPS) is 15.8. The van der Waals surface area contributed by atoms with Crippen LogP contribution in [-0.2, 0) is 25.7 Å². The average molecular weight is 681 g/mol. The summed E-state index contributed by atoms with van der Waals surface area (Å²) in [5.74, 6) is 0.727. The fraction of sp³-hybridized carbons (Fsp3) is 0.455. The molecule has 0 bridgehead atoms. The van der Waals surface area contributed by atoms with Crippen LogP contribution in [0.5, 0.6) is 0 Å². The highest BCUT2D eigenvalue weighted by atomic mass is 28.3. The van der Waals surface area contributed by atoms with Crippen molar-refractivity contribution in [3.8, 4) is 0 Å². The number of benzene rings is 4. The molecule has 0 spiro atoms. The van der Waals surface area contributed by atoms with Gasteiger partial charge in [0.2, 0.25) is 0 Å². The van der Waals surface area contributed by atoms with Crippen molar-refractivity contribution in [1.29, 1.82) is 0 Å². The Bertz CT molecular complexity index is 1310. The van der Waals surface area contributed by atoms with Crippen LogP contribution in [0.3, 0.4) is 0 Å². The zero-order valence-electron chi connectivity index (χ0n) is 31.0. The summed E-state index contributed by atoms with van der Waals surface area (Å²) < 4.78 is 0. The summed E-state index contributed by atoms with van der Waals surface area (Å²) in [5, 5.41) is 47.6. The quantitative estimate of drug-likeness (QED) is 0.0957. The molecule has 4 aromatic rings. The van der Waals surface area contributed by atoms with Gasteiger partial charge in [-0.1, -0.05) is 152 Å². The van der Waals surface area contributed by atoms with E-state index in [1.165, 1.54) is 20.7 Å². The van der Waals surface area contributed by atoms with Gasteiger partial charge in [0.05, 0.1) is 24.4 Å². The largest absolute Gasteiger partial charge is 0.393 e. The molecule has 4 nitrogen and oxygen atoms in total. The molecule has 4 aromatic carbocycles. The van der Waals surface area contributed by atoms with Crippen LogP contribution in [0.4, 0.5) is 0 Å². The van der Waals surface area contributed by atoms with E-state index in [-0.39, 0.29) is 23.7 Å². The fourth-order valence-corrected chi connectivity index (χ4v) is 11.1. The van der Waals surface area contributed by atoms with E-state index in [9.17, 15) is 20.4 Å². The van der Waals surface area contributed by atoms with Gasteiger partial charge in [-0.2, -0.15) is 0 Å². The molecule has 4 rings (SSSR count).